The minimum absolute atomic E-state index is 0.244. The molecule has 1 aromatic heterocycles. The molecule has 0 fully saturated rings. The monoisotopic (exact) mass is 252 g/mol. The van der Waals surface area contributed by atoms with Crippen molar-refractivity contribution in [3.8, 4) is 17.1 Å². The summed E-state index contributed by atoms with van der Waals surface area (Å²) in [5, 5.41) is 9.63. The molecule has 2 rings (SSSR count). The summed E-state index contributed by atoms with van der Waals surface area (Å²) in [6.07, 6.45) is 1.71. The van der Waals surface area contributed by atoms with Gasteiger partial charge in [0.1, 0.15) is 16.2 Å². The topological polar surface area (TPSA) is 38.0 Å². The summed E-state index contributed by atoms with van der Waals surface area (Å²) < 4.78 is 2.76. The minimum atomic E-state index is 0.244. The van der Waals surface area contributed by atoms with Crippen LogP contribution >= 0.6 is 15.9 Å². The number of para-hydroxylation sites is 1. The Hall–Kier alpha value is -1.29. The van der Waals surface area contributed by atoms with Gasteiger partial charge in [0.2, 0.25) is 0 Å². The fraction of sp³-hybridized carbons (Fsp3) is 0.100. The molecule has 0 atom stereocenters. The lowest BCUT2D eigenvalue weighted by Crippen LogP contribution is -1.92. The van der Waals surface area contributed by atoms with Gasteiger partial charge in [-0.3, -0.25) is 0 Å². The molecule has 1 N–H and O–H groups in total. The highest BCUT2D eigenvalue weighted by Gasteiger charge is 2.09. The zero-order chi connectivity index (χ0) is 10.1. The molecule has 4 heteroatoms. The molecule has 0 saturated carbocycles. The van der Waals surface area contributed by atoms with Gasteiger partial charge in [-0.15, -0.1) is 0 Å². The molecular weight excluding hydrogens is 244 g/mol. The molecular formula is C10H9BrN2O. The Kier molecular flexibility index (Phi) is 2.29. The lowest BCUT2D eigenvalue weighted by Gasteiger charge is -2.04. The van der Waals surface area contributed by atoms with Gasteiger partial charge in [0.25, 0.3) is 0 Å². The number of halogens is 1. The SMILES string of the molecule is Cn1c(Br)cnc1-c1ccccc1O. The number of benzene rings is 1. The van der Waals surface area contributed by atoms with Crippen LogP contribution in [0.2, 0.25) is 0 Å². The number of imidazole rings is 1. The molecule has 0 spiro atoms. The quantitative estimate of drug-likeness (QED) is 0.848. The average molecular weight is 253 g/mol. The molecule has 0 aliphatic carbocycles. The van der Waals surface area contributed by atoms with Gasteiger partial charge in [0, 0.05) is 7.05 Å². The van der Waals surface area contributed by atoms with Crippen LogP contribution in [0.1, 0.15) is 0 Å². The van der Waals surface area contributed by atoms with E-state index in [9.17, 15) is 5.11 Å². The van der Waals surface area contributed by atoms with E-state index in [2.05, 4.69) is 20.9 Å². The van der Waals surface area contributed by atoms with Crippen molar-refractivity contribution in [1.82, 2.24) is 9.55 Å². The second-order valence-corrected chi connectivity index (χ2v) is 3.79. The first-order chi connectivity index (χ1) is 6.70. The Balaban J connectivity index is 2.60. The highest BCUT2D eigenvalue weighted by atomic mass is 79.9. The lowest BCUT2D eigenvalue weighted by atomic mass is 10.2. The standard InChI is InChI=1S/C10H9BrN2O/c1-13-9(11)6-12-10(13)7-4-2-3-5-8(7)14/h2-6,14H,1H3. The third-order valence-electron chi connectivity index (χ3n) is 2.08. The Labute approximate surface area is 90.2 Å². The first-order valence-corrected chi connectivity index (χ1v) is 4.95. The van der Waals surface area contributed by atoms with Gasteiger partial charge in [-0.1, -0.05) is 12.1 Å². The maximum absolute atomic E-state index is 9.63. The number of aromatic hydroxyl groups is 1. The van der Waals surface area contributed by atoms with Crippen LogP contribution in [0.3, 0.4) is 0 Å². The van der Waals surface area contributed by atoms with Crippen LogP contribution in [-0.4, -0.2) is 14.7 Å². The van der Waals surface area contributed by atoms with Crippen LogP contribution in [0, 0.1) is 0 Å². The minimum Gasteiger partial charge on any atom is -0.507 e. The Morgan fingerprint density at radius 1 is 1.36 bits per heavy atom. The normalized spacial score (nSPS) is 10.4. The van der Waals surface area contributed by atoms with E-state index in [1.165, 1.54) is 0 Å². The van der Waals surface area contributed by atoms with Crippen molar-refractivity contribution in [1.29, 1.82) is 0 Å². The van der Waals surface area contributed by atoms with Gasteiger partial charge in [-0.2, -0.15) is 0 Å². The van der Waals surface area contributed by atoms with Crippen LogP contribution in [-0.2, 0) is 7.05 Å². The van der Waals surface area contributed by atoms with Crippen molar-refractivity contribution in [2.75, 3.05) is 0 Å². The summed E-state index contributed by atoms with van der Waals surface area (Å²) in [4.78, 5) is 4.20. The first kappa shape index (κ1) is 9.27. The molecule has 1 heterocycles. The van der Waals surface area contributed by atoms with Gasteiger partial charge < -0.3 is 9.67 Å². The van der Waals surface area contributed by atoms with E-state index in [0.717, 1.165) is 16.0 Å². The smallest absolute Gasteiger partial charge is 0.144 e. The van der Waals surface area contributed by atoms with E-state index in [1.54, 1.807) is 18.3 Å². The van der Waals surface area contributed by atoms with E-state index < -0.39 is 0 Å². The highest BCUT2D eigenvalue weighted by molar-refractivity contribution is 9.10. The molecule has 0 bridgehead atoms. The predicted octanol–water partition coefficient (Wildman–Crippen LogP) is 2.56. The summed E-state index contributed by atoms with van der Waals surface area (Å²) in [5.41, 5.74) is 0.737. The maximum atomic E-state index is 9.63. The molecule has 0 unspecified atom stereocenters. The predicted molar refractivity (Wildman–Crippen MR) is 58.0 cm³/mol. The Bertz CT molecular complexity index is 465. The molecule has 1 aromatic carbocycles. The summed E-state index contributed by atoms with van der Waals surface area (Å²) >= 11 is 3.36. The van der Waals surface area contributed by atoms with Gasteiger partial charge in [-0.25, -0.2) is 4.98 Å². The first-order valence-electron chi connectivity index (χ1n) is 4.15. The van der Waals surface area contributed by atoms with Crippen LogP contribution in [0.15, 0.2) is 35.1 Å². The number of hydrogen-bond donors (Lipinski definition) is 1. The Morgan fingerprint density at radius 2 is 2.07 bits per heavy atom. The molecule has 72 valence electrons. The number of hydrogen-bond acceptors (Lipinski definition) is 2. The van der Waals surface area contributed by atoms with Crippen LogP contribution in [0.25, 0.3) is 11.4 Å². The molecule has 14 heavy (non-hydrogen) atoms. The molecule has 3 nitrogen and oxygen atoms in total. The number of phenolic OH excluding ortho intramolecular Hbond substituents is 1. The van der Waals surface area contributed by atoms with E-state index in [0.29, 0.717) is 0 Å². The molecule has 0 amide bonds. The van der Waals surface area contributed by atoms with E-state index in [4.69, 9.17) is 0 Å². The van der Waals surface area contributed by atoms with Crippen LogP contribution in [0.5, 0.6) is 5.75 Å². The fourth-order valence-electron chi connectivity index (χ4n) is 1.30. The zero-order valence-electron chi connectivity index (χ0n) is 7.61. The van der Waals surface area contributed by atoms with Gasteiger partial charge in [-0.05, 0) is 28.1 Å². The van der Waals surface area contributed by atoms with E-state index >= 15 is 0 Å². The van der Waals surface area contributed by atoms with E-state index in [1.807, 2.05) is 23.7 Å². The summed E-state index contributed by atoms with van der Waals surface area (Å²) in [5.74, 6) is 0.990. The average Bonchev–Trinajstić information content (AvgIpc) is 2.49. The fourth-order valence-corrected chi connectivity index (χ4v) is 1.57. The molecule has 2 aromatic rings. The molecule has 0 aliphatic rings. The van der Waals surface area contributed by atoms with Crippen molar-refractivity contribution < 1.29 is 5.11 Å². The van der Waals surface area contributed by atoms with Crippen LogP contribution in [0.4, 0.5) is 0 Å². The van der Waals surface area contributed by atoms with Crippen molar-refractivity contribution in [3.05, 3.63) is 35.1 Å². The number of phenols is 1. The van der Waals surface area contributed by atoms with Gasteiger partial charge >= 0.3 is 0 Å². The number of rotatable bonds is 1. The van der Waals surface area contributed by atoms with Crippen molar-refractivity contribution in [3.63, 3.8) is 0 Å². The van der Waals surface area contributed by atoms with Crippen molar-refractivity contribution in [2.45, 2.75) is 0 Å². The highest BCUT2D eigenvalue weighted by Crippen LogP contribution is 2.28. The van der Waals surface area contributed by atoms with Gasteiger partial charge in [0.05, 0.1) is 11.8 Å². The molecule has 0 aliphatic heterocycles. The third-order valence-corrected chi connectivity index (χ3v) is 2.81. The number of aromatic nitrogens is 2. The zero-order valence-corrected chi connectivity index (χ0v) is 9.19. The summed E-state index contributed by atoms with van der Waals surface area (Å²) in [7, 11) is 1.89. The lowest BCUT2D eigenvalue weighted by molar-refractivity contribution is 0.476. The number of nitrogens with zero attached hydrogens (tertiary/aromatic N) is 2. The summed E-state index contributed by atoms with van der Waals surface area (Å²) in [6, 6.07) is 7.15. The third kappa shape index (κ3) is 1.42. The van der Waals surface area contributed by atoms with Gasteiger partial charge in [0.15, 0.2) is 0 Å². The Morgan fingerprint density at radius 3 is 2.64 bits per heavy atom. The second-order valence-electron chi connectivity index (χ2n) is 2.98. The van der Waals surface area contributed by atoms with Crippen molar-refractivity contribution >= 4 is 15.9 Å². The summed E-state index contributed by atoms with van der Waals surface area (Å²) in [6.45, 7) is 0. The molecule has 0 saturated heterocycles. The largest absolute Gasteiger partial charge is 0.507 e. The maximum Gasteiger partial charge on any atom is 0.144 e. The van der Waals surface area contributed by atoms with Crippen LogP contribution < -0.4 is 0 Å². The van der Waals surface area contributed by atoms with E-state index in [-0.39, 0.29) is 5.75 Å². The molecule has 0 radical (unpaired) electrons. The van der Waals surface area contributed by atoms with Crippen molar-refractivity contribution in [2.24, 2.45) is 7.05 Å². The second kappa shape index (κ2) is 3.46.